The largest absolute Gasteiger partial charge is 0.381 e. The second-order valence-electron chi connectivity index (χ2n) is 6.14. The van der Waals surface area contributed by atoms with Crippen LogP contribution in [0.3, 0.4) is 0 Å². The van der Waals surface area contributed by atoms with Gasteiger partial charge in [0, 0.05) is 23.9 Å². The topological polar surface area (TPSA) is 41.1 Å². The van der Waals surface area contributed by atoms with Crippen LogP contribution in [0.2, 0.25) is 0 Å². The number of carbonyl (C=O) groups is 1. The monoisotopic (exact) mass is 366 g/mol. The van der Waals surface area contributed by atoms with Gasteiger partial charge in [0.15, 0.2) is 0 Å². The van der Waals surface area contributed by atoms with Crippen molar-refractivity contribution in [2.75, 3.05) is 10.6 Å². The van der Waals surface area contributed by atoms with Crippen molar-refractivity contribution in [2.24, 2.45) is 0 Å². The molecule has 3 aromatic rings. The average molecular weight is 366 g/mol. The smallest absolute Gasteiger partial charge is 0.255 e. The second-order valence-corrected chi connectivity index (χ2v) is 6.14. The van der Waals surface area contributed by atoms with Gasteiger partial charge in [-0.15, -0.1) is 0 Å². The van der Waals surface area contributed by atoms with Crippen molar-refractivity contribution in [3.05, 3.63) is 95.1 Å². The molecule has 0 saturated heterocycles. The highest BCUT2D eigenvalue weighted by atomic mass is 19.1. The fourth-order valence-electron chi connectivity index (χ4n) is 2.81. The second kappa shape index (κ2) is 8.45. The van der Waals surface area contributed by atoms with Crippen molar-refractivity contribution < 1.29 is 13.6 Å². The first kappa shape index (κ1) is 18.6. The van der Waals surface area contributed by atoms with Crippen LogP contribution in [-0.4, -0.2) is 5.91 Å². The molecule has 3 aromatic carbocycles. The van der Waals surface area contributed by atoms with Crippen LogP contribution in [0.25, 0.3) is 0 Å². The van der Waals surface area contributed by atoms with Crippen LogP contribution in [0.15, 0.2) is 66.7 Å². The first-order chi connectivity index (χ1) is 13.1. The van der Waals surface area contributed by atoms with Gasteiger partial charge < -0.3 is 10.6 Å². The van der Waals surface area contributed by atoms with Gasteiger partial charge in [-0.1, -0.05) is 37.3 Å². The fourth-order valence-corrected chi connectivity index (χ4v) is 2.81. The van der Waals surface area contributed by atoms with Crippen molar-refractivity contribution in [2.45, 2.75) is 19.9 Å². The molecule has 0 atom stereocenters. The van der Waals surface area contributed by atoms with Crippen molar-refractivity contribution in [1.82, 2.24) is 0 Å². The summed E-state index contributed by atoms with van der Waals surface area (Å²) >= 11 is 0. The number of nitrogens with one attached hydrogen (secondary N) is 2. The molecule has 0 radical (unpaired) electrons. The molecule has 0 aliphatic rings. The molecule has 0 aliphatic carbocycles. The molecule has 0 bridgehead atoms. The normalized spacial score (nSPS) is 10.5. The summed E-state index contributed by atoms with van der Waals surface area (Å²) in [7, 11) is 0. The molecule has 138 valence electrons. The first-order valence-corrected chi connectivity index (χ1v) is 8.74. The summed E-state index contributed by atoms with van der Waals surface area (Å²) in [6, 6.07) is 18.0. The first-order valence-electron chi connectivity index (χ1n) is 8.74. The Hall–Kier alpha value is -3.21. The molecule has 0 spiro atoms. The Morgan fingerprint density at radius 3 is 2.56 bits per heavy atom. The van der Waals surface area contributed by atoms with E-state index in [0.29, 0.717) is 12.1 Å². The lowest BCUT2D eigenvalue weighted by Crippen LogP contribution is -2.14. The fraction of sp³-hybridized carbons (Fsp3) is 0.136. The average Bonchev–Trinajstić information content (AvgIpc) is 2.69. The lowest BCUT2D eigenvalue weighted by atomic mass is 10.1. The number of aryl methyl sites for hydroxylation is 1. The van der Waals surface area contributed by atoms with E-state index in [-0.39, 0.29) is 5.69 Å². The van der Waals surface area contributed by atoms with E-state index < -0.39 is 17.5 Å². The number of halogens is 2. The Labute approximate surface area is 157 Å². The summed E-state index contributed by atoms with van der Waals surface area (Å²) in [6.45, 7) is 2.64. The molecular formula is C22H20F2N2O. The highest BCUT2D eigenvalue weighted by Gasteiger charge is 2.11. The lowest BCUT2D eigenvalue weighted by Gasteiger charge is -2.12. The van der Waals surface area contributed by atoms with Crippen molar-refractivity contribution in [3.63, 3.8) is 0 Å². The predicted octanol–water partition coefficient (Wildman–Crippen LogP) is 5.39. The van der Waals surface area contributed by atoms with E-state index in [0.717, 1.165) is 35.9 Å². The van der Waals surface area contributed by atoms with Gasteiger partial charge in [0.1, 0.15) is 11.6 Å². The molecule has 0 fully saturated rings. The number of rotatable bonds is 6. The zero-order valence-corrected chi connectivity index (χ0v) is 14.9. The van der Waals surface area contributed by atoms with Crippen LogP contribution >= 0.6 is 0 Å². The molecule has 27 heavy (non-hydrogen) atoms. The maximum Gasteiger partial charge on any atom is 0.255 e. The molecule has 3 rings (SSSR count). The summed E-state index contributed by atoms with van der Waals surface area (Å²) in [4.78, 5) is 12.4. The van der Waals surface area contributed by atoms with Crippen molar-refractivity contribution in [3.8, 4) is 0 Å². The maximum absolute atomic E-state index is 13.7. The Kier molecular flexibility index (Phi) is 5.81. The molecule has 3 nitrogen and oxygen atoms in total. The Balaban J connectivity index is 1.71. The molecule has 1 amide bonds. The van der Waals surface area contributed by atoms with Crippen LogP contribution in [0.4, 0.5) is 20.2 Å². The highest BCUT2D eigenvalue weighted by Crippen LogP contribution is 2.19. The van der Waals surface area contributed by atoms with Crippen LogP contribution in [0.1, 0.15) is 28.4 Å². The number of carbonyl (C=O) groups excluding carboxylic acids is 1. The van der Waals surface area contributed by atoms with Crippen LogP contribution in [-0.2, 0) is 13.0 Å². The Morgan fingerprint density at radius 2 is 1.74 bits per heavy atom. The Bertz CT molecular complexity index is 957. The number of anilines is 2. The molecular weight excluding hydrogens is 346 g/mol. The molecule has 0 aliphatic heterocycles. The van der Waals surface area contributed by atoms with Crippen molar-refractivity contribution >= 4 is 17.3 Å². The lowest BCUT2D eigenvalue weighted by molar-refractivity contribution is 0.102. The van der Waals surface area contributed by atoms with Gasteiger partial charge in [-0.05, 0) is 47.9 Å². The summed E-state index contributed by atoms with van der Waals surface area (Å²) in [5.41, 5.74) is 3.38. The van der Waals surface area contributed by atoms with Gasteiger partial charge in [-0.2, -0.15) is 0 Å². The van der Waals surface area contributed by atoms with Gasteiger partial charge >= 0.3 is 0 Å². The molecule has 0 aromatic heterocycles. The summed E-state index contributed by atoms with van der Waals surface area (Å²) in [5.74, 6) is -1.78. The minimum absolute atomic E-state index is 0.180. The standard InChI is InChI=1S/C22H20F2N2O/c1-2-16-7-3-4-9-20(16)25-14-15-6-5-8-17(12-15)22(27)26-21-13-18(23)10-11-19(21)24/h3-13,25H,2,14H2,1H3,(H,26,27). The Morgan fingerprint density at radius 1 is 0.926 bits per heavy atom. The third-order valence-corrected chi connectivity index (χ3v) is 4.25. The molecule has 0 unspecified atom stereocenters. The van der Waals surface area contributed by atoms with E-state index in [9.17, 15) is 13.6 Å². The van der Waals surface area contributed by atoms with Gasteiger partial charge in [-0.25, -0.2) is 8.78 Å². The van der Waals surface area contributed by atoms with Crippen molar-refractivity contribution in [1.29, 1.82) is 0 Å². The van der Waals surface area contributed by atoms with Crippen LogP contribution in [0, 0.1) is 11.6 Å². The number of para-hydroxylation sites is 1. The zero-order valence-electron chi connectivity index (χ0n) is 14.9. The van der Waals surface area contributed by atoms with E-state index in [2.05, 4.69) is 23.6 Å². The summed E-state index contributed by atoms with van der Waals surface area (Å²) < 4.78 is 27.0. The number of benzene rings is 3. The third-order valence-electron chi connectivity index (χ3n) is 4.25. The molecule has 5 heteroatoms. The minimum atomic E-state index is -0.682. The van der Waals surface area contributed by atoms with Gasteiger partial charge in [0.25, 0.3) is 5.91 Å². The van der Waals surface area contributed by atoms with E-state index >= 15 is 0 Å². The maximum atomic E-state index is 13.7. The predicted molar refractivity (Wildman–Crippen MR) is 104 cm³/mol. The third kappa shape index (κ3) is 4.70. The van der Waals surface area contributed by atoms with Gasteiger partial charge in [0.05, 0.1) is 5.69 Å². The van der Waals surface area contributed by atoms with E-state index in [1.54, 1.807) is 18.2 Å². The highest BCUT2D eigenvalue weighted by molar-refractivity contribution is 6.04. The number of hydrogen-bond donors (Lipinski definition) is 2. The summed E-state index contributed by atoms with van der Waals surface area (Å²) in [5, 5.41) is 5.78. The quantitative estimate of drug-likeness (QED) is 0.614. The zero-order chi connectivity index (χ0) is 19.2. The van der Waals surface area contributed by atoms with E-state index in [1.807, 2.05) is 24.3 Å². The van der Waals surface area contributed by atoms with Crippen LogP contribution in [0.5, 0.6) is 0 Å². The minimum Gasteiger partial charge on any atom is -0.381 e. The van der Waals surface area contributed by atoms with Crippen LogP contribution < -0.4 is 10.6 Å². The molecule has 0 saturated carbocycles. The van der Waals surface area contributed by atoms with Gasteiger partial charge in [-0.3, -0.25) is 4.79 Å². The molecule has 2 N–H and O–H groups in total. The molecule has 0 heterocycles. The number of amides is 1. The number of hydrogen-bond acceptors (Lipinski definition) is 2. The van der Waals surface area contributed by atoms with E-state index in [4.69, 9.17) is 0 Å². The SMILES string of the molecule is CCc1ccccc1NCc1cccc(C(=O)Nc2cc(F)ccc2F)c1. The van der Waals surface area contributed by atoms with Gasteiger partial charge in [0.2, 0.25) is 0 Å². The summed E-state index contributed by atoms with van der Waals surface area (Å²) in [6.07, 6.45) is 0.921. The van der Waals surface area contributed by atoms with E-state index in [1.165, 1.54) is 5.56 Å².